The molecule has 0 aliphatic carbocycles. The molecule has 0 radical (unpaired) electrons. The number of hydrogen-bond donors (Lipinski definition) is 2. The topological polar surface area (TPSA) is 49.3 Å². The largest absolute Gasteiger partial charge is 0.480 e. The minimum Gasteiger partial charge on any atom is -0.480 e. The van der Waals surface area contributed by atoms with Crippen molar-refractivity contribution in [2.24, 2.45) is 0 Å². The highest BCUT2D eigenvalue weighted by atomic mass is 16.4. The zero-order valence-corrected chi connectivity index (χ0v) is 7.37. The molecule has 68 valence electrons. The summed E-state index contributed by atoms with van der Waals surface area (Å²) in [6.07, 6.45) is 0. The van der Waals surface area contributed by atoms with Crippen LogP contribution in [0.1, 0.15) is 22.7 Å². The van der Waals surface area contributed by atoms with E-state index in [9.17, 15) is 4.79 Å². The average Bonchev–Trinajstić information content (AvgIpc) is 2.48. The average molecular weight is 177 g/mol. The lowest BCUT2D eigenvalue weighted by Crippen LogP contribution is -2.21. The summed E-state index contributed by atoms with van der Waals surface area (Å²) < 4.78 is 0. The van der Waals surface area contributed by atoms with Gasteiger partial charge in [0.2, 0.25) is 0 Å². The summed E-state index contributed by atoms with van der Waals surface area (Å²) in [5.41, 5.74) is 3.20. The van der Waals surface area contributed by atoms with Crippen LogP contribution in [0.25, 0.3) is 0 Å². The lowest BCUT2D eigenvalue weighted by atomic mass is 10.0. The van der Waals surface area contributed by atoms with E-state index in [-0.39, 0.29) is 0 Å². The summed E-state index contributed by atoms with van der Waals surface area (Å²) >= 11 is 0. The first-order chi connectivity index (χ1) is 6.20. The molecule has 1 aliphatic rings. The van der Waals surface area contributed by atoms with Crippen molar-refractivity contribution >= 4 is 5.97 Å². The van der Waals surface area contributed by atoms with Crippen LogP contribution in [0.2, 0.25) is 0 Å². The van der Waals surface area contributed by atoms with Crippen LogP contribution in [-0.4, -0.2) is 11.1 Å². The van der Waals surface area contributed by atoms with Gasteiger partial charge in [-0.3, -0.25) is 10.1 Å². The van der Waals surface area contributed by atoms with E-state index in [0.29, 0.717) is 6.54 Å². The van der Waals surface area contributed by atoms with Crippen molar-refractivity contribution in [3.63, 3.8) is 0 Å². The number of hydrogen-bond acceptors (Lipinski definition) is 2. The van der Waals surface area contributed by atoms with Crippen LogP contribution >= 0.6 is 0 Å². The molecular weight excluding hydrogens is 166 g/mol. The smallest absolute Gasteiger partial charge is 0.325 e. The number of fused-ring (bicyclic) bond motifs is 1. The molecule has 2 rings (SSSR count). The Bertz CT molecular complexity index is 360. The predicted octanol–water partition coefficient (Wildman–Crippen LogP) is 1.22. The number of carboxylic acids is 1. The number of aryl methyl sites for hydroxylation is 1. The third kappa shape index (κ3) is 1.21. The number of carbonyl (C=O) groups is 1. The van der Waals surface area contributed by atoms with Crippen molar-refractivity contribution in [1.29, 1.82) is 0 Å². The molecule has 1 aliphatic heterocycles. The quantitative estimate of drug-likeness (QED) is 0.678. The minimum absolute atomic E-state index is 0.519. The van der Waals surface area contributed by atoms with Gasteiger partial charge in [-0.1, -0.05) is 18.2 Å². The Morgan fingerprint density at radius 2 is 2.38 bits per heavy atom. The molecule has 1 aromatic rings. The van der Waals surface area contributed by atoms with E-state index < -0.39 is 12.0 Å². The van der Waals surface area contributed by atoms with E-state index >= 15 is 0 Å². The molecule has 0 saturated heterocycles. The second-order valence-electron chi connectivity index (χ2n) is 3.29. The van der Waals surface area contributed by atoms with E-state index in [1.807, 2.05) is 25.1 Å². The van der Waals surface area contributed by atoms with E-state index in [1.54, 1.807) is 0 Å². The zero-order valence-electron chi connectivity index (χ0n) is 7.37. The predicted molar refractivity (Wildman–Crippen MR) is 48.4 cm³/mol. The summed E-state index contributed by atoms with van der Waals surface area (Å²) in [5.74, 6) is -0.802. The maximum Gasteiger partial charge on any atom is 0.325 e. The summed E-state index contributed by atoms with van der Waals surface area (Å²) in [5, 5.41) is 11.9. The number of rotatable bonds is 1. The van der Waals surface area contributed by atoms with Gasteiger partial charge in [0, 0.05) is 6.54 Å². The molecule has 0 bridgehead atoms. The molecule has 3 heteroatoms. The van der Waals surface area contributed by atoms with Gasteiger partial charge >= 0.3 is 5.97 Å². The molecule has 1 aromatic carbocycles. The Morgan fingerprint density at radius 1 is 1.62 bits per heavy atom. The molecule has 2 N–H and O–H groups in total. The van der Waals surface area contributed by atoms with Crippen LogP contribution in [-0.2, 0) is 11.3 Å². The highest BCUT2D eigenvalue weighted by Crippen LogP contribution is 2.27. The molecule has 0 spiro atoms. The summed E-state index contributed by atoms with van der Waals surface area (Å²) in [6.45, 7) is 2.67. The number of aliphatic carboxylic acids is 1. The van der Waals surface area contributed by atoms with Gasteiger partial charge in [-0.05, 0) is 23.6 Å². The number of nitrogens with one attached hydrogen (secondary N) is 1. The lowest BCUT2D eigenvalue weighted by Gasteiger charge is -2.05. The second kappa shape index (κ2) is 2.85. The Morgan fingerprint density at radius 3 is 3.08 bits per heavy atom. The van der Waals surface area contributed by atoms with E-state index in [1.165, 1.54) is 0 Å². The highest BCUT2D eigenvalue weighted by Gasteiger charge is 2.28. The Hall–Kier alpha value is -1.35. The molecule has 0 saturated carbocycles. The number of benzene rings is 1. The third-order valence-electron chi connectivity index (χ3n) is 2.49. The minimum atomic E-state index is -0.802. The SMILES string of the molecule is Cc1cccc2c1CNC2C(=O)O. The maximum atomic E-state index is 10.8. The first kappa shape index (κ1) is 8.26. The zero-order chi connectivity index (χ0) is 9.42. The van der Waals surface area contributed by atoms with Crippen LogP contribution in [0.5, 0.6) is 0 Å². The fourth-order valence-electron chi connectivity index (χ4n) is 1.77. The monoisotopic (exact) mass is 177 g/mol. The van der Waals surface area contributed by atoms with Gasteiger partial charge in [0.25, 0.3) is 0 Å². The van der Waals surface area contributed by atoms with Gasteiger partial charge < -0.3 is 5.11 Å². The molecule has 0 aromatic heterocycles. The molecular formula is C10H11NO2. The second-order valence-corrected chi connectivity index (χ2v) is 3.29. The van der Waals surface area contributed by atoms with Gasteiger partial charge in [0.05, 0.1) is 0 Å². The van der Waals surface area contributed by atoms with E-state index in [2.05, 4.69) is 5.32 Å². The highest BCUT2D eigenvalue weighted by molar-refractivity contribution is 5.77. The molecule has 1 unspecified atom stereocenters. The number of carboxylic acid groups (broad SMARTS) is 1. The van der Waals surface area contributed by atoms with Gasteiger partial charge in [-0.15, -0.1) is 0 Å². The van der Waals surface area contributed by atoms with Crippen molar-refractivity contribution < 1.29 is 9.90 Å². The first-order valence-electron chi connectivity index (χ1n) is 4.24. The van der Waals surface area contributed by atoms with Gasteiger partial charge in [0.1, 0.15) is 6.04 Å². The third-order valence-corrected chi connectivity index (χ3v) is 2.49. The van der Waals surface area contributed by atoms with Crippen molar-refractivity contribution in [2.45, 2.75) is 19.5 Å². The fourth-order valence-corrected chi connectivity index (χ4v) is 1.77. The normalized spacial score (nSPS) is 19.9. The molecule has 0 fully saturated rings. The van der Waals surface area contributed by atoms with Crippen molar-refractivity contribution in [3.8, 4) is 0 Å². The van der Waals surface area contributed by atoms with Crippen LogP contribution in [0.15, 0.2) is 18.2 Å². The fraction of sp³-hybridized carbons (Fsp3) is 0.300. The summed E-state index contributed by atoms with van der Waals surface area (Å²) in [4.78, 5) is 10.8. The molecule has 13 heavy (non-hydrogen) atoms. The van der Waals surface area contributed by atoms with E-state index in [4.69, 9.17) is 5.11 Å². The maximum absolute atomic E-state index is 10.8. The van der Waals surface area contributed by atoms with Crippen molar-refractivity contribution in [3.05, 3.63) is 34.9 Å². The standard InChI is InChI=1S/C10H11NO2/c1-6-3-2-4-7-8(6)5-11-9(7)10(12)13/h2-4,9,11H,5H2,1H3,(H,12,13). The molecule has 1 heterocycles. The van der Waals surface area contributed by atoms with Crippen LogP contribution in [0, 0.1) is 6.92 Å². The van der Waals surface area contributed by atoms with Gasteiger partial charge in [0.15, 0.2) is 0 Å². The van der Waals surface area contributed by atoms with Crippen molar-refractivity contribution in [2.75, 3.05) is 0 Å². The first-order valence-corrected chi connectivity index (χ1v) is 4.24. The van der Waals surface area contributed by atoms with Gasteiger partial charge in [-0.25, -0.2) is 0 Å². The van der Waals surface area contributed by atoms with Crippen LogP contribution in [0.4, 0.5) is 0 Å². The summed E-state index contributed by atoms with van der Waals surface area (Å²) in [7, 11) is 0. The van der Waals surface area contributed by atoms with Crippen LogP contribution in [0.3, 0.4) is 0 Å². The van der Waals surface area contributed by atoms with Crippen LogP contribution < -0.4 is 5.32 Å². The van der Waals surface area contributed by atoms with Crippen molar-refractivity contribution in [1.82, 2.24) is 5.32 Å². The van der Waals surface area contributed by atoms with Gasteiger partial charge in [-0.2, -0.15) is 0 Å². The Balaban J connectivity index is 2.49. The summed E-state index contributed by atoms with van der Waals surface area (Å²) in [6, 6.07) is 5.26. The Kier molecular flexibility index (Phi) is 1.81. The Labute approximate surface area is 76.4 Å². The molecule has 0 amide bonds. The molecule has 1 atom stereocenters. The molecule has 3 nitrogen and oxygen atoms in total. The lowest BCUT2D eigenvalue weighted by molar-refractivity contribution is -0.139. The van der Waals surface area contributed by atoms with E-state index in [0.717, 1.165) is 16.7 Å².